The monoisotopic (exact) mass is 442 g/mol. The number of nitrogens with one attached hydrogen (secondary N) is 2. The zero-order valence-corrected chi connectivity index (χ0v) is 18.1. The van der Waals surface area contributed by atoms with Crippen molar-refractivity contribution in [2.45, 2.75) is 32.1 Å². The number of rotatable bonds is 8. The van der Waals surface area contributed by atoms with Crippen molar-refractivity contribution in [1.82, 2.24) is 5.32 Å². The molecular weight excluding hydrogens is 418 g/mol. The van der Waals surface area contributed by atoms with E-state index in [-0.39, 0.29) is 23.6 Å². The Balaban J connectivity index is 1.51. The van der Waals surface area contributed by atoms with Crippen molar-refractivity contribution >= 4 is 23.3 Å². The summed E-state index contributed by atoms with van der Waals surface area (Å²) >= 11 is 6.00. The molecule has 2 N–H and O–H groups in total. The SMILES string of the molecule is Cc1cc(NC(=O)NCCCCC(c2ccc(F)cc2)c2ccc(F)cc2)ccc1Cl. The second-order valence-corrected chi connectivity index (χ2v) is 7.90. The predicted molar refractivity (Wildman–Crippen MR) is 122 cm³/mol. The largest absolute Gasteiger partial charge is 0.338 e. The molecule has 0 bridgehead atoms. The van der Waals surface area contributed by atoms with E-state index < -0.39 is 0 Å². The van der Waals surface area contributed by atoms with Crippen LogP contribution in [0.3, 0.4) is 0 Å². The lowest BCUT2D eigenvalue weighted by Crippen LogP contribution is -2.29. The fourth-order valence-electron chi connectivity index (χ4n) is 3.49. The normalized spacial score (nSPS) is 10.9. The van der Waals surface area contributed by atoms with Gasteiger partial charge in [-0.1, -0.05) is 42.3 Å². The number of anilines is 1. The minimum Gasteiger partial charge on any atom is -0.338 e. The third kappa shape index (κ3) is 6.79. The summed E-state index contributed by atoms with van der Waals surface area (Å²) in [5.41, 5.74) is 3.55. The number of amides is 2. The number of benzene rings is 3. The van der Waals surface area contributed by atoms with E-state index in [0.29, 0.717) is 17.3 Å². The number of aryl methyl sites for hydroxylation is 1. The third-order valence-corrected chi connectivity index (χ3v) is 5.59. The van der Waals surface area contributed by atoms with Crippen LogP contribution in [0, 0.1) is 18.6 Å². The van der Waals surface area contributed by atoms with E-state index in [0.717, 1.165) is 36.0 Å². The summed E-state index contributed by atoms with van der Waals surface area (Å²) in [5, 5.41) is 6.30. The summed E-state index contributed by atoms with van der Waals surface area (Å²) in [6.07, 6.45) is 2.43. The summed E-state index contributed by atoms with van der Waals surface area (Å²) in [6.45, 7) is 2.40. The third-order valence-electron chi connectivity index (χ3n) is 5.17. The first-order valence-corrected chi connectivity index (χ1v) is 10.6. The van der Waals surface area contributed by atoms with Crippen LogP contribution in [0.4, 0.5) is 19.3 Å². The van der Waals surface area contributed by atoms with E-state index in [1.807, 2.05) is 13.0 Å². The van der Waals surface area contributed by atoms with Gasteiger partial charge in [0.2, 0.25) is 0 Å². The Bertz CT molecular complexity index is 962. The molecule has 0 heterocycles. The van der Waals surface area contributed by atoms with E-state index in [2.05, 4.69) is 10.6 Å². The molecule has 0 atom stereocenters. The second-order valence-electron chi connectivity index (χ2n) is 7.50. The number of carbonyl (C=O) groups is 1. The van der Waals surface area contributed by atoms with Crippen LogP contribution in [0.5, 0.6) is 0 Å². The predicted octanol–water partition coefficient (Wildman–Crippen LogP) is 7.05. The van der Waals surface area contributed by atoms with Gasteiger partial charge in [0.1, 0.15) is 11.6 Å². The molecule has 0 aromatic heterocycles. The number of hydrogen-bond donors (Lipinski definition) is 2. The standard InChI is InChI=1S/C25H25ClF2N2O/c1-17-16-22(13-14-24(17)26)30-25(31)29-15-3-2-4-23(18-5-9-20(27)10-6-18)19-7-11-21(28)12-8-19/h5-14,16,23H,2-4,15H2,1H3,(H2,29,30,31). The van der Waals surface area contributed by atoms with Crippen LogP contribution < -0.4 is 10.6 Å². The van der Waals surface area contributed by atoms with Crippen LogP contribution in [-0.4, -0.2) is 12.6 Å². The highest BCUT2D eigenvalue weighted by Crippen LogP contribution is 2.30. The molecule has 0 fully saturated rings. The van der Waals surface area contributed by atoms with Gasteiger partial charge in [-0.3, -0.25) is 0 Å². The highest BCUT2D eigenvalue weighted by atomic mass is 35.5. The number of carbonyl (C=O) groups excluding carboxylic acids is 1. The van der Waals surface area contributed by atoms with Gasteiger partial charge in [-0.15, -0.1) is 0 Å². The fourth-order valence-corrected chi connectivity index (χ4v) is 3.61. The van der Waals surface area contributed by atoms with Crippen molar-refractivity contribution in [2.24, 2.45) is 0 Å². The first-order chi connectivity index (χ1) is 14.9. The molecule has 3 nitrogen and oxygen atoms in total. The quantitative estimate of drug-likeness (QED) is 0.360. The van der Waals surface area contributed by atoms with Crippen molar-refractivity contribution < 1.29 is 13.6 Å². The molecule has 0 aliphatic carbocycles. The molecule has 6 heteroatoms. The summed E-state index contributed by atoms with van der Waals surface area (Å²) in [6, 6.07) is 17.9. The van der Waals surface area contributed by atoms with E-state index in [9.17, 15) is 13.6 Å². The second kappa shape index (κ2) is 10.9. The maximum absolute atomic E-state index is 13.3. The molecule has 0 saturated heterocycles. The number of halogens is 3. The molecule has 0 unspecified atom stereocenters. The smallest absolute Gasteiger partial charge is 0.319 e. The summed E-state index contributed by atoms with van der Waals surface area (Å²) in [7, 11) is 0. The summed E-state index contributed by atoms with van der Waals surface area (Å²) < 4.78 is 26.7. The molecule has 0 aliphatic heterocycles. The van der Waals surface area contributed by atoms with Crippen LogP contribution in [-0.2, 0) is 0 Å². The minimum absolute atomic E-state index is 0.0343. The van der Waals surface area contributed by atoms with Crippen molar-refractivity contribution in [3.63, 3.8) is 0 Å². The molecule has 0 radical (unpaired) electrons. The zero-order valence-electron chi connectivity index (χ0n) is 17.3. The molecule has 3 aromatic carbocycles. The van der Waals surface area contributed by atoms with Crippen LogP contribution in [0.1, 0.15) is 41.9 Å². The van der Waals surface area contributed by atoms with E-state index >= 15 is 0 Å². The number of hydrogen-bond acceptors (Lipinski definition) is 1. The molecule has 3 rings (SSSR count). The lowest BCUT2D eigenvalue weighted by molar-refractivity contribution is 0.252. The molecular formula is C25H25ClF2N2O. The van der Waals surface area contributed by atoms with Gasteiger partial charge in [0, 0.05) is 23.2 Å². The average Bonchev–Trinajstić information content (AvgIpc) is 2.75. The van der Waals surface area contributed by atoms with E-state index in [1.54, 1.807) is 36.4 Å². The maximum Gasteiger partial charge on any atom is 0.319 e. The van der Waals surface area contributed by atoms with Crippen molar-refractivity contribution in [1.29, 1.82) is 0 Å². The zero-order chi connectivity index (χ0) is 22.2. The van der Waals surface area contributed by atoms with Crippen LogP contribution in [0.2, 0.25) is 5.02 Å². The van der Waals surface area contributed by atoms with Gasteiger partial charge in [0.15, 0.2) is 0 Å². The van der Waals surface area contributed by atoms with Crippen LogP contribution >= 0.6 is 11.6 Å². The van der Waals surface area contributed by atoms with Crippen LogP contribution in [0.25, 0.3) is 0 Å². The number of unbranched alkanes of at least 4 members (excludes halogenated alkanes) is 1. The van der Waals surface area contributed by atoms with E-state index in [4.69, 9.17) is 11.6 Å². The lowest BCUT2D eigenvalue weighted by atomic mass is 9.87. The Morgan fingerprint density at radius 3 is 2.03 bits per heavy atom. The van der Waals surface area contributed by atoms with Crippen LogP contribution in [0.15, 0.2) is 66.7 Å². The molecule has 162 valence electrons. The number of urea groups is 1. The molecule has 0 aliphatic rings. The Kier molecular flexibility index (Phi) is 8.01. The molecule has 2 amide bonds. The highest BCUT2D eigenvalue weighted by molar-refractivity contribution is 6.31. The Morgan fingerprint density at radius 2 is 1.48 bits per heavy atom. The van der Waals surface area contributed by atoms with Gasteiger partial charge in [-0.05, 0) is 78.9 Å². The first kappa shape index (κ1) is 22.8. The minimum atomic E-state index is -0.285. The topological polar surface area (TPSA) is 41.1 Å². The lowest BCUT2D eigenvalue weighted by Gasteiger charge is -2.18. The summed E-state index contributed by atoms with van der Waals surface area (Å²) in [4.78, 5) is 12.1. The fraction of sp³-hybridized carbons (Fsp3) is 0.240. The van der Waals surface area contributed by atoms with Gasteiger partial charge in [0.05, 0.1) is 0 Å². The molecule has 3 aromatic rings. The van der Waals surface area contributed by atoms with Gasteiger partial charge in [-0.2, -0.15) is 0 Å². The molecule has 0 spiro atoms. The average molecular weight is 443 g/mol. The van der Waals surface area contributed by atoms with Gasteiger partial charge < -0.3 is 10.6 Å². The van der Waals surface area contributed by atoms with Gasteiger partial charge >= 0.3 is 6.03 Å². The van der Waals surface area contributed by atoms with Crippen molar-refractivity contribution in [3.05, 3.63) is 100 Å². The molecule has 0 saturated carbocycles. The van der Waals surface area contributed by atoms with Gasteiger partial charge in [-0.25, -0.2) is 13.6 Å². The Morgan fingerprint density at radius 1 is 0.903 bits per heavy atom. The van der Waals surface area contributed by atoms with Gasteiger partial charge in [0.25, 0.3) is 0 Å². The Labute approximate surface area is 186 Å². The molecule has 31 heavy (non-hydrogen) atoms. The Hall–Kier alpha value is -2.92. The summed E-state index contributed by atoms with van der Waals surface area (Å²) in [5.74, 6) is -0.535. The first-order valence-electron chi connectivity index (χ1n) is 10.2. The van der Waals surface area contributed by atoms with Crippen molar-refractivity contribution in [2.75, 3.05) is 11.9 Å². The highest BCUT2D eigenvalue weighted by Gasteiger charge is 2.14. The van der Waals surface area contributed by atoms with E-state index in [1.165, 1.54) is 24.3 Å². The van der Waals surface area contributed by atoms with Crippen molar-refractivity contribution in [3.8, 4) is 0 Å². The maximum atomic E-state index is 13.3.